The molecular weight excluding hydrogens is 200 g/mol. The fraction of sp³-hybridized carbons (Fsp3) is 0.308. The minimum absolute atomic E-state index is 0.382. The van der Waals surface area contributed by atoms with Crippen LogP contribution in [0.1, 0.15) is 35.3 Å². The number of benzene rings is 1. The van der Waals surface area contributed by atoms with E-state index in [1.54, 1.807) is 6.20 Å². The zero-order valence-electron chi connectivity index (χ0n) is 8.93. The standard InChI is InChI=1S/C13H14N2O/c16-13-7-10(9-4-2-1-3-5-9)6-12-11(13)8-14-15-12/h1-5,8,10,13,16H,6-7H2,(H,14,15). The normalized spacial score (nSPS) is 24.1. The van der Waals surface area contributed by atoms with Crippen molar-refractivity contribution in [3.05, 3.63) is 53.3 Å². The molecule has 1 heterocycles. The number of aromatic nitrogens is 2. The molecule has 3 nitrogen and oxygen atoms in total. The first-order valence-corrected chi connectivity index (χ1v) is 5.60. The van der Waals surface area contributed by atoms with Crippen LogP contribution in [0.2, 0.25) is 0 Å². The molecule has 0 bridgehead atoms. The number of hydrogen-bond donors (Lipinski definition) is 2. The molecule has 2 atom stereocenters. The van der Waals surface area contributed by atoms with Gasteiger partial charge in [-0.15, -0.1) is 0 Å². The topological polar surface area (TPSA) is 48.9 Å². The molecule has 3 rings (SSSR count). The highest BCUT2D eigenvalue weighted by molar-refractivity contribution is 5.29. The van der Waals surface area contributed by atoms with E-state index in [2.05, 4.69) is 22.3 Å². The van der Waals surface area contributed by atoms with Gasteiger partial charge in [0.1, 0.15) is 0 Å². The number of hydrogen-bond acceptors (Lipinski definition) is 2. The van der Waals surface area contributed by atoms with Crippen LogP contribution in [0.25, 0.3) is 0 Å². The summed E-state index contributed by atoms with van der Waals surface area (Å²) >= 11 is 0. The molecule has 0 radical (unpaired) electrons. The molecule has 16 heavy (non-hydrogen) atoms. The molecule has 0 spiro atoms. The average Bonchev–Trinajstić information content (AvgIpc) is 2.79. The van der Waals surface area contributed by atoms with Gasteiger partial charge in [-0.25, -0.2) is 0 Å². The van der Waals surface area contributed by atoms with Gasteiger partial charge in [-0.2, -0.15) is 5.10 Å². The zero-order chi connectivity index (χ0) is 11.0. The number of aliphatic hydroxyl groups excluding tert-OH is 1. The quantitative estimate of drug-likeness (QED) is 0.764. The number of nitrogens with zero attached hydrogens (tertiary/aromatic N) is 1. The van der Waals surface area contributed by atoms with E-state index >= 15 is 0 Å². The zero-order valence-corrected chi connectivity index (χ0v) is 8.93. The number of aromatic amines is 1. The third-order valence-electron chi connectivity index (χ3n) is 3.34. The molecular formula is C13H14N2O. The Kier molecular flexibility index (Phi) is 2.26. The summed E-state index contributed by atoms with van der Waals surface area (Å²) in [5, 5.41) is 17.0. The molecule has 0 saturated carbocycles. The van der Waals surface area contributed by atoms with Crippen LogP contribution in [0.4, 0.5) is 0 Å². The summed E-state index contributed by atoms with van der Waals surface area (Å²) < 4.78 is 0. The Morgan fingerprint density at radius 3 is 2.88 bits per heavy atom. The first-order chi connectivity index (χ1) is 7.84. The van der Waals surface area contributed by atoms with Crippen LogP contribution >= 0.6 is 0 Å². The van der Waals surface area contributed by atoms with Crippen molar-refractivity contribution in [3.63, 3.8) is 0 Å². The van der Waals surface area contributed by atoms with Crippen molar-refractivity contribution in [1.82, 2.24) is 10.2 Å². The highest BCUT2D eigenvalue weighted by Crippen LogP contribution is 2.37. The molecule has 3 heteroatoms. The second kappa shape index (κ2) is 3.76. The van der Waals surface area contributed by atoms with Crippen LogP contribution < -0.4 is 0 Å². The maximum absolute atomic E-state index is 10.0. The first-order valence-electron chi connectivity index (χ1n) is 5.60. The van der Waals surface area contributed by atoms with E-state index in [1.807, 2.05) is 18.2 Å². The monoisotopic (exact) mass is 214 g/mol. The van der Waals surface area contributed by atoms with Crippen molar-refractivity contribution in [3.8, 4) is 0 Å². The molecule has 2 unspecified atom stereocenters. The SMILES string of the molecule is OC1CC(c2ccccc2)Cc2[nH]ncc21. The van der Waals surface area contributed by atoms with E-state index in [9.17, 15) is 5.11 Å². The van der Waals surface area contributed by atoms with E-state index in [0.717, 1.165) is 24.1 Å². The summed E-state index contributed by atoms with van der Waals surface area (Å²) in [6.07, 6.45) is 3.08. The highest BCUT2D eigenvalue weighted by atomic mass is 16.3. The van der Waals surface area contributed by atoms with Crippen LogP contribution in [0.15, 0.2) is 36.5 Å². The lowest BCUT2D eigenvalue weighted by Gasteiger charge is -2.25. The van der Waals surface area contributed by atoms with Crippen molar-refractivity contribution in [2.24, 2.45) is 0 Å². The Morgan fingerprint density at radius 2 is 2.06 bits per heavy atom. The van der Waals surface area contributed by atoms with Crippen molar-refractivity contribution in [2.75, 3.05) is 0 Å². The van der Waals surface area contributed by atoms with Gasteiger partial charge in [0.15, 0.2) is 0 Å². The van der Waals surface area contributed by atoms with Gasteiger partial charge in [0.05, 0.1) is 12.3 Å². The molecule has 1 aliphatic rings. The van der Waals surface area contributed by atoms with E-state index in [4.69, 9.17) is 0 Å². The summed E-state index contributed by atoms with van der Waals surface area (Å²) in [5.41, 5.74) is 3.33. The van der Waals surface area contributed by atoms with Gasteiger partial charge in [0.25, 0.3) is 0 Å². The second-order valence-corrected chi connectivity index (χ2v) is 4.37. The van der Waals surface area contributed by atoms with Gasteiger partial charge in [0, 0.05) is 11.3 Å². The summed E-state index contributed by atoms with van der Waals surface area (Å²) in [6.45, 7) is 0. The lowest BCUT2D eigenvalue weighted by atomic mass is 9.82. The van der Waals surface area contributed by atoms with Crippen molar-refractivity contribution in [2.45, 2.75) is 24.9 Å². The number of nitrogens with one attached hydrogen (secondary N) is 1. The highest BCUT2D eigenvalue weighted by Gasteiger charge is 2.27. The van der Waals surface area contributed by atoms with E-state index < -0.39 is 0 Å². The van der Waals surface area contributed by atoms with E-state index in [1.165, 1.54) is 5.56 Å². The molecule has 0 amide bonds. The Bertz CT molecular complexity index is 478. The van der Waals surface area contributed by atoms with Crippen LogP contribution in [-0.2, 0) is 6.42 Å². The molecule has 0 aliphatic heterocycles. The minimum Gasteiger partial charge on any atom is -0.388 e. The minimum atomic E-state index is -0.382. The molecule has 0 fully saturated rings. The summed E-state index contributed by atoms with van der Waals surface area (Å²) in [7, 11) is 0. The lowest BCUT2D eigenvalue weighted by Crippen LogP contribution is -2.16. The Labute approximate surface area is 94.1 Å². The molecule has 2 N–H and O–H groups in total. The van der Waals surface area contributed by atoms with Crippen LogP contribution in [-0.4, -0.2) is 15.3 Å². The lowest BCUT2D eigenvalue weighted by molar-refractivity contribution is 0.147. The van der Waals surface area contributed by atoms with Gasteiger partial charge in [-0.1, -0.05) is 30.3 Å². The summed E-state index contributed by atoms with van der Waals surface area (Å²) in [4.78, 5) is 0. The Morgan fingerprint density at radius 1 is 1.25 bits per heavy atom. The van der Waals surface area contributed by atoms with Crippen molar-refractivity contribution in [1.29, 1.82) is 0 Å². The largest absolute Gasteiger partial charge is 0.388 e. The third-order valence-corrected chi connectivity index (χ3v) is 3.34. The fourth-order valence-electron chi connectivity index (χ4n) is 2.48. The second-order valence-electron chi connectivity index (χ2n) is 4.37. The molecule has 0 saturated heterocycles. The Hall–Kier alpha value is -1.61. The fourth-order valence-corrected chi connectivity index (χ4v) is 2.48. The van der Waals surface area contributed by atoms with Crippen LogP contribution in [0.5, 0.6) is 0 Å². The van der Waals surface area contributed by atoms with Gasteiger partial charge < -0.3 is 5.11 Å². The molecule has 1 aliphatic carbocycles. The number of aliphatic hydroxyl groups is 1. The summed E-state index contributed by atoms with van der Waals surface area (Å²) in [5.74, 6) is 0.393. The molecule has 2 aromatic rings. The molecule has 1 aromatic heterocycles. The van der Waals surface area contributed by atoms with Gasteiger partial charge >= 0.3 is 0 Å². The maximum atomic E-state index is 10.0. The summed E-state index contributed by atoms with van der Waals surface area (Å²) in [6, 6.07) is 10.4. The van der Waals surface area contributed by atoms with E-state index in [-0.39, 0.29) is 6.10 Å². The van der Waals surface area contributed by atoms with E-state index in [0.29, 0.717) is 5.92 Å². The van der Waals surface area contributed by atoms with Crippen LogP contribution in [0.3, 0.4) is 0 Å². The first kappa shape index (κ1) is 9.60. The third kappa shape index (κ3) is 1.53. The smallest absolute Gasteiger partial charge is 0.0829 e. The Balaban J connectivity index is 1.92. The number of rotatable bonds is 1. The molecule has 1 aromatic carbocycles. The van der Waals surface area contributed by atoms with Gasteiger partial charge in [-0.3, -0.25) is 5.10 Å². The van der Waals surface area contributed by atoms with Crippen LogP contribution in [0, 0.1) is 0 Å². The van der Waals surface area contributed by atoms with Gasteiger partial charge in [-0.05, 0) is 24.3 Å². The predicted octanol–water partition coefficient (Wildman–Crippen LogP) is 2.17. The predicted molar refractivity (Wildman–Crippen MR) is 61.1 cm³/mol. The molecule has 82 valence electrons. The van der Waals surface area contributed by atoms with Crippen molar-refractivity contribution < 1.29 is 5.11 Å². The van der Waals surface area contributed by atoms with Gasteiger partial charge in [0.2, 0.25) is 0 Å². The average molecular weight is 214 g/mol. The number of fused-ring (bicyclic) bond motifs is 1. The van der Waals surface area contributed by atoms with Crippen molar-refractivity contribution >= 4 is 0 Å². The maximum Gasteiger partial charge on any atom is 0.0829 e. The number of H-pyrrole nitrogens is 1.